The van der Waals surface area contributed by atoms with Gasteiger partial charge >= 0.3 is 0 Å². The number of aliphatic hydroxyl groups excluding tert-OH is 1. The highest BCUT2D eigenvalue weighted by molar-refractivity contribution is 5.92. The SMILES string of the molecule is O=C(c1c[nH]c(=O)cn1)N1CCC2(CC1)OCCC[C@H]2O. The standard InChI is InChI=1S/C14H19N3O4/c18-11-2-1-7-21-14(11)3-5-17(6-4-14)13(20)10-8-16-12(19)9-15-10/h8-9,11,18H,1-7H2,(H,16,19)/t11-/m1/s1. The third kappa shape index (κ3) is 2.71. The summed E-state index contributed by atoms with van der Waals surface area (Å²) in [6.07, 6.45) is 4.89. The van der Waals surface area contributed by atoms with Crippen LogP contribution in [-0.4, -0.2) is 57.3 Å². The quantitative estimate of drug-likeness (QED) is 0.755. The third-order valence-electron chi connectivity index (χ3n) is 4.41. The Balaban J connectivity index is 1.66. The van der Waals surface area contributed by atoms with Crippen LogP contribution in [0.1, 0.15) is 36.2 Å². The van der Waals surface area contributed by atoms with Crippen LogP contribution in [0, 0.1) is 0 Å². The molecule has 1 atom stereocenters. The molecule has 2 aliphatic rings. The van der Waals surface area contributed by atoms with Gasteiger partial charge in [-0.15, -0.1) is 0 Å². The molecule has 0 radical (unpaired) electrons. The van der Waals surface area contributed by atoms with Crippen molar-refractivity contribution >= 4 is 5.91 Å². The Bertz CT molecular complexity index is 557. The minimum Gasteiger partial charge on any atom is -0.390 e. The number of aromatic amines is 1. The lowest BCUT2D eigenvalue weighted by Crippen LogP contribution is -2.56. The fourth-order valence-electron chi connectivity index (χ4n) is 3.10. The van der Waals surface area contributed by atoms with Gasteiger partial charge in [0.25, 0.3) is 11.5 Å². The fraction of sp³-hybridized carbons (Fsp3) is 0.643. The smallest absolute Gasteiger partial charge is 0.273 e. The second-order valence-corrected chi connectivity index (χ2v) is 5.66. The van der Waals surface area contributed by atoms with Crippen LogP contribution in [0.15, 0.2) is 17.2 Å². The highest BCUT2D eigenvalue weighted by Crippen LogP contribution is 2.35. The van der Waals surface area contributed by atoms with Crippen molar-refractivity contribution in [2.75, 3.05) is 19.7 Å². The number of amides is 1. The summed E-state index contributed by atoms with van der Waals surface area (Å²) in [6.45, 7) is 1.72. The Morgan fingerprint density at radius 3 is 2.86 bits per heavy atom. The van der Waals surface area contributed by atoms with Crippen molar-refractivity contribution in [3.05, 3.63) is 28.4 Å². The van der Waals surface area contributed by atoms with Crippen LogP contribution in [0.3, 0.4) is 0 Å². The van der Waals surface area contributed by atoms with Crippen LogP contribution in [0.4, 0.5) is 0 Å². The molecular formula is C14H19N3O4. The highest BCUT2D eigenvalue weighted by atomic mass is 16.5. The lowest BCUT2D eigenvalue weighted by Gasteiger charge is -2.46. The Kier molecular flexibility index (Phi) is 3.77. The van der Waals surface area contributed by atoms with Gasteiger partial charge in [0.1, 0.15) is 5.69 Å². The van der Waals surface area contributed by atoms with Gasteiger partial charge in [0.2, 0.25) is 0 Å². The number of nitrogens with zero attached hydrogens (tertiary/aromatic N) is 2. The van der Waals surface area contributed by atoms with Crippen molar-refractivity contribution in [3.8, 4) is 0 Å². The van der Waals surface area contributed by atoms with Crippen molar-refractivity contribution in [2.45, 2.75) is 37.4 Å². The van der Waals surface area contributed by atoms with Crippen molar-refractivity contribution in [1.29, 1.82) is 0 Å². The molecule has 114 valence electrons. The van der Waals surface area contributed by atoms with E-state index >= 15 is 0 Å². The summed E-state index contributed by atoms with van der Waals surface area (Å²) < 4.78 is 5.82. The van der Waals surface area contributed by atoms with Gasteiger partial charge in [-0.3, -0.25) is 9.59 Å². The maximum Gasteiger partial charge on any atom is 0.273 e. The van der Waals surface area contributed by atoms with E-state index in [-0.39, 0.29) is 17.2 Å². The molecule has 7 nitrogen and oxygen atoms in total. The lowest BCUT2D eigenvalue weighted by molar-refractivity contribution is -0.174. The molecule has 1 amide bonds. The number of rotatable bonds is 1. The van der Waals surface area contributed by atoms with E-state index in [0.29, 0.717) is 32.5 Å². The first-order chi connectivity index (χ1) is 10.1. The van der Waals surface area contributed by atoms with Crippen LogP contribution in [0.25, 0.3) is 0 Å². The molecular weight excluding hydrogens is 274 g/mol. The summed E-state index contributed by atoms with van der Waals surface area (Å²) in [5, 5.41) is 10.2. The van der Waals surface area contributed by atoms with E-state index in [1.165, 1.54) is 6.20 Å². The molecule has 1 aromatic heterocycles. The van der Waals surface area contributed by atoms with Gasteiger partial charge in [-0.1, -0.05) is 0 Å². The van der Waals surface area contributed by atoms with E-state index < -0.39 is 11.7 Å². The van der Waals surface area contributed by atoms with E-state index in [0.717, 1.165) is 19.0 Å². The molecule has 2 aliphatic heterocycles. The van der Waals surface area contributed by atoms with Gasteiger partial charge in [0, 0.05) is 25.9 Å². The molecule has 0 aliphatic carbocycles. The normalized spacial score (nSPS) is 25.0. The molecule has 0 aromatic carbocycles. The first-order valence-corrected chi connectivity index (χ1v) is 7.27. The first-order valence-electron chi connectivity index (χ1n) is 7.27. The summed E-state index contributed by atoms with van der Waals surface area (Å²) in [4.78, 5) is 31.3. The molecule has 2 fully saturated rings. The maximum atomic E-state index is 12.3. The zero-order valence-corrected chi connectivity index (χ0v) is 11.7. The second-order valence-electron chi connectivity index (χ2n) is 5.66. The van der Waals surface area contributed by atoms with Gasteiger partial charge in [0.15, 0.2) is 0 Å². The van der Waals surface area contributed by atoms with E-state index in [1.807, 2.05) is 0 Å². The summed E-state index contributed by atoms with van der Waals surface area (Å²) in [5.41, 5.74) is -0.591. The van der Waals surface area contributed by atoms with Crippen LogP contribution in [0.2, 0.25) is 0 Å². The molecule has 0 unspecified atom stereocenters. The predicted octanol–water partition coefficient (Wildman–Crippen LogP) is -0.0840. The van der Waals surface area contributed by atoms with Crippen molar-refractivity contribution in [2.24, 2.45) is 0 Å². The average molecular weight is 293 g/mol. The van der Waals surface area contributed by atoms with Crippen LogP contribution in [-0.2, 0) is 4.74 Å². The molecule has 1 spiro atoms. The zero-order chi connectivity index (χ0) is 14.9. The van der Waals surface area contributed by atoms with Crippen molar-refractivity contribution in [1.82, 2.24) is 14.9 Å². The molecule has 0 saturated carbocycles. The largest absolute Gasteiger partial charge is 0.390 e. The zero-order valence-electron chi connectivity index (χ0n) is 11.7. The minimum absolute atomic E-state index is 0.202. The minimum atomic E-state index is -0.493. The Hall–Kier alpha value is -1.73. The summed E-state index contributed by atoms with van der Waals surface area (Å²) in [7, 11) is 0. The van der Waals surface area contributed by atoms with Gasteiger partial charge in [-0.2, -0.15) is 0 Å². The Morgan fingerprint density at radius 2 is 2.24 bits per heavy atom. The molecule has 7 heteroatoms. The number of piperidine rings is 1. The maximum absolute atomic E-state index is 12.3. The number of aromatic nitrogens is 2. The van der Waals surface area contributed by atoms with Gasteiger partial charge in [-0.05, 0) is 25.7 Å². The topological polar surface area (TPSA) is 95.5 Å². The third-order valence-corrected chi connectivity index (χ3v) is 4.41. The monoisotopic (exact) mass is 293 g/mol. The van der Waals surface area contributed by atoms with Gasteiger partial charge < -0.3 is 19.7 Å². The summed E-state index contributed by atoms with van der Waals surface area (Å²) in [5.74, 6) is -0.202. The molecule has 3 heterocycles. The molecule has 2 N–H and O–H groups in total. The van der Waals surface area contributed by atoms with Gasteiger partial charge in [-0.25, -0.2) is 4.98 Å². The summed E-state index contributed by atoms with van der Waals surface area (Å²) in [6, 6.07) is 0. The number of hydrogen-bond acceptors (Lipinski definition) is 5. The lowest BCUT2D eigenvalue weighted by atomic mass is 9.82. The number of likely N-dealkylation sites (tertiary alicyclic amines) is 1. The Morgan fingerprint density at radius 1 is 1.48 bits per heavy atom. The van der Waals surface area contributed by atoms with Crippen molar-refractivity contribution in [3.63, 3.8) is 0 Å². The number of ether oxygens (including phenoxy) is 1. The molecule has 1 aromatic rings. The van der Waals surface area contributed by atoms with Gasteiger partial charge in [0.05, 0.1) is 17.9 Å². The van der Waals surface area contributed by atoms with Crippen LogP contribution < -0.4 is 5.56 Å². The van der Waals surface area contributed by atoms with E-state index in [2.05, 4.69) is 9.97 Å². The molecule has 21 heavy (non-hydrogen) atoms. The number of carbonyl (C=O) groups excluding carboxylic acids is 1. The van der Waals surface area contributed by atoms with E-state index in [1.54, 1.807) is 4.90 Å². The second kappa shape index (κ2) is 5.57. The number of hydrogen-bond donors (Lipinski definition) is 2. The predicted molar refractivity (Wildman–Crippen MR) is 73.9 cm³/mol. The molecule has 0 bridgehead atoms. The fourth-order valence-corrected chi connectivity index (χ4v) is 3.10. The number of H-pyrrole nitrogens is 1. The number of carbonyl (C=O) groups is 1. The number of nitrogens with one attached hydrogen (secondary N) is 1. The highest BCUT2D eigenvalue weighted by Gasteiger charge is 2.44. The average Bonchev–Trinajstić information content (AvgIpc) is 2.51. The van der Waals surface area contributed by atoms with E-state index in [9.17, 15) is 14.7 Å². The van der Waals surface area contributed by atoms with E-state index in [4.69, 9.17) is 4.74 Å². The van der Waals surface area contributed by atoms with Crippen LogP contribution in [0.5, 0.6) is 0 Å². The molecule has 2 saturated heterocycles. The van der Waals surface area contributed by atoms with Crippen LogP contribution >= 0.6 is 0 Å². The Labute approximate surface area is 121 Å². The molecule has 3 rings (SSSR count). The first kappa shape index (κ1) is 14.2. The summed E-state index contributed by atoms with van der Waals surface area (Å²) >= 11 is 0. The number of aliphatic hydroxyl groups is 1. The van der Waals surface area contributed by atoms with Crippen molar-refractivity contribution < 1.29 is 14.6 Å².